The molecule has 2 aromatic heterocycles. The second kappa shape index (κ2) is 9.06. The van der Waals surface area contributed by atoms with E-state index >= 15 is 0 Å². The van der Waals surface area contributed by atoms with Crippen molar-refractivity contribution >= 4 is 22.9 Å². The Morgan fingerprint density at radius 1 is 1.03 bits per heavy atom. The fraction of sp³-hybridized carbons (Fsp3) is 0.773. The molecule has 2 atom stereocenters. The van der Waals surface area contributed by atoms with E-state index in [-0.39, 0.29) is 6.04 Å². The number of fused-ring (bicyclic) bond motifs is 1. The number of rotatable bonds is 6. The highest BCUT2D eigenvalue weighted by molar-refractivity contribution is 5.84. The van der Waals surface area contributed by atoms with Gasteiger partial charge in [-0.1, -0.05) is 0 Å². The molecule has 2 aromatic rings. The van der Waals surface area contributed by atoms with Crippen LogP contribution in [-0.4, -0.2) is 62.7 Å². The van der Waals surface area contributed by atoms with Gasteiger partial charge in [-0.05, 0) is 79.3 Å². The highest BCUT2D eigenvalue weighted by Crippen LogP contribution is 2.29. The summed E-state index contributed by atoms with van der Waals surface area (Å²) in [7, 11) is 4.36. The first-order valence-electron chi connectivity index (χ1n) is 11.6. The molecular weight excluding hydrogens is 376 g/mol. The van der Waals surface area contributed by atoms with E-state index in [0.29, 0.717) is 30.1 Å². The Balaban J connectivity index is 1.57. The van der Waals surface area contributed by atoms with E-state index in [4.69, 9.17) is 15.7 Å². The minimum atomic E-state index is 0.270. The fourth-order valence-electron chi connectivity index (χ4n) is 4.93. The van der Waals surface area contributed by atoms with Crippen LogP contribution in [0.2, 0.25) is 0 Å². The van der Waals surface area contributed by atoms with Crippen molar-refractivity contribution in [1.82, 2.24) is 24.4 Å². The minimum absolute atomic E-state index is 0.270. The van der Waals surface area contributed by atoms with E-state index in [0.717, 1.165) is 55.5 Å². The Labute approximate surface area is 180 Å². The lowest BCUT2D eigenvalue weighted by molar-refractivity contribution is 0.221. The van der Waals surface area contributed by atoms with Crippen molar-refractivity contribution in [3.05, 3.63) is 6.33 Å². The van der Waals surface area contributed by atoms with Crippen LogP contribution in [0.15, 0.2) is 6.33 Å². The zero-order valence-corrected chi connectivity index (χ0v) is 18.9. The molecule has 2 fully saturated rings. The first kappa shape index (κ1) is 21.3. The van der Waals surface area contributed by atoms with Gasteiger partial charge in [0.05, 0.1) is 6.33 Å². The Morgan fingerprint density at radius 2 is 1.80 bits per heavy atom. The minimum Gasteiger partial charge on any atom is -0.365 e. The molecule has 4 rings (SSSR count). The first-order chi connectivity index (χ1) is 14.4. The smallest absolute Gasteiger partial charge is 0.227 e. The van der Waals surface area contributed by atoms with E-state index in [2.05, 4.69) is 53.0 Å². The molecule has 0 saturated heterocycles. The average Bonchev–Trinajstić information content (AvgIpc) is 3.13. The predicted octanol–water partition coefficient (Wildman–Crippen LogP) is 3.37. The number of anilines is 2. The summed E-state index contributed by atoms with van der Waals surface area (Å²) in [6, 6.07) is 2.02. The van der Waals surface area contributed by atoms with E-state index < -0.39 is 0 Å². The average molecular weight is 415 g/mol. The molecule has 0 aromatic carbocycles. The van der Waals surface area contributed by atoms with Gasteiger partial charge in [-0.25, -0.2) is 4.98 Å². The maximum atomic E-state index is 6.21. The van der Waals surface area contributed by atoms with E-state index in [9.17, 15) is 0 Å². The normalized spacial score (nSPS) is 27.7. The lowest BCUT2D eigenvalue weighted by Crippen LogP contribution is -2.36. The number of hydrogen-bond donors (Lipinski definition) is 3. The summed E-state index contributed by atoms with van der Waals surface area (Å²) in [5.41, 5.74) is 7.96. The molecule has 2 heterocycles. The Kier molecular flexibility index (Phi) is 6.43. The second-order valence-corrected chi connectivity index (χ2v) is 9.69. The quantitative estimate of drug-likeness (QED) is 0.667. The van der Waals surface area contributed by atoms with Gasteiger partial charge in [0.25, 0.3) is 0 Å². The predicted molar refractivity (Wildman–Crippen MR) is 123 cm³/mol. The van der Waals surface area contributed by atoms with Gasteiger partial charge < -0.3 is 25.8 Å². The topological polar surface area (TPSA) is 96.9 Å². The van der Waals surface area contributed by atoms with E-state index in [1.54, 1.807) is 0 Å². The molecule has 30 heavy (non-hydrogen) atoms. The van der Waals surface area contributed by atoms with Crippen molar-refractivity contribution in [2.24, 2.45) is 5.73 Å². The Morgan fingerprint density at radius 3 is 2.47 bits per heavy atom. The number of nitrogens with two attached hydrogens (primary N) is 1. The van der Waals surface area contributed by atoms with Gasteiger partial charge in [0.1, 0.15) is 0 Å². The number of hydrogen-bond acceptors (Lipinski definition) is 7. The summed E-state index contributed by atoms with van der Waals surface area (Å²) in [5, 5.41) is 7.28. The lowest BCUT2D eigenvalue weighted by atomic mass is 9.90. The molecule has 0 bridgehead atoms. The third kappa shape index (κ3) is 4.70. The zero-order chi connectivity index (χ0) is 21.3. The van der Waals surface area contributed by atoms with Crippen LogP contribution >= 0.6 is 0 Å². The largest absolute Gasteiger partial charge is 0.365 e. The number of aromatic nitrogens is 4. The van der Waals surface area contributed by atoms with Crippen LogP contribution in [-0.2, 0) is 0 Å². The van der Waals surface area contributed by atoms with Crippen molar-refractivity contribution < 1.29 is 0 Å². The van der Waals surface area contributed by atoms with Gasteiger partial charge in [0, 0.05) is 30.2 Å². The van der Waals surface area contributed by atoms with E-state index in [1.165, 1.54) is 12.8 Å². The summed E-state index contributed by atoms with van der Waals surface area (Å²) in [6.07, 6.45) is 11.0. The van der Waals surface area contributed by atoms with Crippen LogP contribution < -0.4 is 16.4 Å². The Bertz CT molecular complexity index is 837. The van der Waals surface area contributed by atoms with Crippen LogP contribution in [0.25, 0.3) is 11.2 Å². The van der Waals surface area contributed by atoms with Crippen LogP contribution in [0.4, 0.5) is 11.8 Å². The van der Waals surface area contributed by atoms with Crippen molar-refractivity contribution in [1.29, 1.82) is 0 Å². The van der Waals surface area contributed by atoms with Crippen molar-refractivity contribution in [3.8, 4) is 0 Å². The number of imidazole rings is 1. The summed E-state index contributed by atoms with van der Waals surface area (Å²) in [4.78, 5) is 16.8. The van der Waals surface area contributed by atoms with Crippen LogP contribution in [0.3, 0.4) is 0 Å². The van der Waals surface area contributed by atoms with Crippen molar-refractivity contribution in [3.63, 3.8) is 0 Å². The second-order valence-electron chi connectivity index (χ2n) is 9.69. The third-order valence-corrected chi connectivity index (χ3v) is 6.79. The summed E-state index contributed by atoms with van der Waals surface area (Å²) in [6.45, 7) is 4.32. The standard InChI is InChI=1S/C22H38N8/c1-14(2)30-13-24-19-20(25-17-7-5-6-15(23)12-17)27-22(28-21(19)30)26-16-8-10-18(11-9-16)29(3)4/h13-18H,5-12,23H2,1-4H3,(H2,25,26,27,28). The number of nitrogens with one attached hydrogen (secondary N) is 2. The molecule has 8 heteroatoms. The van der Waals surface area contributed by atoms with Gasteiger partial charge in [-0.2, -0.15) is 9.97 Å². The molecule has 4 N–H and O–H groups in total. The summed E-state index contributed by atoms with van der Waals surface area (Å²) in [5.74, 6) is 1.55. The maximum absolute atomic E-state index is 6.21. The molecule has 0 aliphatic heterocycles. The van der Waals surface area contributed by atoms with Gasteiger partial charge >= 0.3 is 0 Å². The maximum Gasteiger partial charge on any atom is 0.227 e. The SMILES string of the molecule is CC(C)n1cnc2c(NC3CCCC(N)C3)nc(NC3CCC(N(C)C)CC3)nc21. The molecule has 2 aliphatic carbocycles. The first-order valence-corrected chi connectivity index (χ1v) is 11.6. The highest BCUT2D eigenvalue weighted by atomic mass is 15.2. The molecule has 8 nitrogen and oxygen atoms in total. The molecule has 2 saturated carbocycles. The monoisotopic (exact) mass is 414 g/mol. The molecular formula is C22H38N8. The Hall–Kier alpha value is -1.93. The molecule has 166 valence electrons. The molecule has 2 unspecified atom stereocenters. The van der Waals surface area contributed by atoms with Crippen LogP contribution in [0.5, 0.6) is 0 Å². The molecule has 2 aliphatic rings. The molecule has 0 spiro atoms. The van der Waals surface area contributed by atoms with Crippen molar-refractivity contribution in [2.75, 3.05) is 24.7 Å². The lowest BCUT2D eigenvalue weighted by Gasteiger charge is -2.33. The fourth-order valence-corrected chi connectivity index (χ4v) is 4.93. The highest BCUT2D eigenvalue weighted by Gasteiger charge is 2.25. The van der Waals surface area contributed by atoms with Gasteiger partial charge in [-0.15, -0.1) is 0 Å². The van der Waals surface area contributed by atoms with Gasteiger partial charge in [0.15, 0.2) is 17.0 Å². The van der Waals surface area contributed by atoms with Gasteiger partial charge in [0.2, 0.25) is 5.95 Å². The molecule has 0 amide bonds. The summed E-state index contributed by atoms with van der Waals surface area (Å²) >= 11 is 0. The number of nitrogens with zero attached hydrogens (tertiary/aromatic N) is 5. The van der Waals surface area contributed by atoms with Gasteiger partial charge in [-0.3, -0.25) is 0 Å². The van der Waals surface area contributed by atoms with E-state index in [1.807, 2.05) is 6.33 Å². The zero-order valence-electron chi connectivity index (χ0n) is 18.9. The molecule has 0 radical (unpaired) electrons. The summed E-state index contributed by atoms with van der Waals surface area (Å²) < 4.78 is 2.13. The van der Waals surface area contributed by atoms with Crippen molar-refractivity contribution in [2.45, 2.75) is 95.4 Å². The van der Waals surface area contributed by atoms with Crippen LogP contribution in [0.1, 0.15) is 71.3 Å². The van der Waals surface area contributed by atoms with Crippen LogP contribution in [0, 0.1) is 0 Å². The third-order valence-electron chi connectivity index (χ3n) is 6.79.